The van der Waals surface area contributed by atoms with Crippen molar-refractivity contribution in [3.05, 3.63) is 35.5 Å². The number of hydrogen-bond acceptors (Lipinski definition) is 2. The van der Waals surface area contributed by atoms with Gasteiger partial charge in [0.05, 0.1) is 0 Å². The van der Waals surface area contributed by atoms with Crippen LogP contribution in [0.4, 0.5) is 0 Å². The van der Waals surface area contributed by atoms with E-state index in [1.807, 2.05) is 0 Å². The second kappa shape index (κ2) is 4.75. The summed E-state index contributed by atoms with van der Waals surface area (Å²) in [7, 11) is 2.23. The lowest BCUT2D eigenvalue weighted by Gasteiger charge is -2.33. The highest BCUT2D eigenvalue weighted by molar-refractivity contribution is 5.83. The molecule has 3 heteroatoms. The highest BCUT2D eigenvalue weighted by Crippen LogP contribution is 2.21. The maximum absolute atomic E-state index is 3.48. The van der Waals surface area contributed by atoms with Gasteiger partial charge in [-0.25, -0.2) is 0 Å². The number of nitrogens with zero attached hydrogens (tertiary/aromatic N) is 1. The summed E-state index contributed by atoms with van der Waals surface area (Å²) < 4.78 is 0. The van der Waals surface area contributed by atoms with Crippen LogP contribution in [0.1, 0.15) is 11.1 Å². The van der Waals surface area contributed by atoms with E-state index in [0.717, 1.165) is 26.1 Å². The lowest BCUT2D eigenvalue weighted by Crippen LogP contribution is -2.50. The fourth-order valence-electron chi connectivity index (χ4n) is 2.81. The molecule has 2 heterocycles. The van der Waals surface area contributed by atoms with Gasteiger partial charge in [0.15, 0.2) is 0 Å². The summed E-state index contributed by atoms with van der Waals surface area (Å²) in [5.74, 6) is 0. The average Bonchev–Trinajstić information content (AvgIpc) is 2.74. The van der Waals surface area contributed by atoms with Crippen molar-refractivity contribution < 1.29 is 0 Å². The van der Waals surface area contributed by atoms with Crippen molar-refractivity contribution in [1.82, 2.24) is 15.2 Å². The van der Waals surface area contributed by atoms with Crippen molar-refractivity contribution >= 4 is 10.9 Å². The van der Waals surface area contributed by atoms with Gasteiger partial charge in [-0.05, 0) is 37.6 Å². The van der Waals surface area contributed by atoms with Crippen molar-refractivity contribution in [3.8, 4) is 0 Å². The van der Waals surface area contributed by atoms with Crippen LogP contribution < -0.4 is 5.32 Å². The van der Waals surface area contributed by atoms with Crippen LogP contribution in [0.25, 0.3) is 10.9 Å². The fraction of sp³-hybridized carbons (Fsp3) is 0.467. The van der Waals surface area contributed by atoms with E-state index < -0.39 is 0 Å². The summed E-state index contributed by atoms with van der Waals surface area (Å²) >= 11 is 0. The number of benzene rings is 1. The lowest BCUT2D eigenvalue weighted by molar-refractivity contribution is 0.199. The van der Waals surface area contributed by atoms with Gasteiger partial charge in [-0.3, -0.25) is 0 Å². The standard InChI is InChI=1S/C15H21N3/c1-11-3-4-14-12(9-17-15(14)7-11)8-13-10-16-5-6-18(13)2/h3-4,7,9,13,16-17H,5-6,8,10H2,1-2H3. The molecule has 0 saturated carbocycles. The Morgan fingerprint density at radius 2 is 2.28 bits per heavy atom. The van der Waals surface area contributed by atoms with E-state index in [0.29, 0.717) is 6.04 Å². The molecule has 1 aromatic heterocycles. The molecule has 3 rings (SSSR count). The first-order valence-electron chi connectivity index (χ1n) is 6.71. The molecule has 0 spiro atoms. The summed E-state index contributed by atoms with van der Waals surface area (Å²) in [6.45, 7) is 5.49. The van der Waals surface area contributed by atoms with E-state index in [9.17, 15) is 0 Å². The van der Waals surface area contributed by atoms with Crippen molar-refractivity contribution in [2.75, 3.05) is 26.7 Å². The number of hydrogen-bond donors (Lipinski definition) is 2. The minimum atomic E-state index is 0.610. The zero-order chi connectivity index (χ0) is 12.5. The minimum Gasteiger partial charge on any atom is -0.361 e. The van der Waals surface area contributed by atoms with Gasteiger partial charge in [-0.2, -0.15) is 0 Å². The normalized spacial score (nSPS) is 21.6. The highest BCUT2D eigenvalue weighted by Gasteiger charge is 2.19. The number of likely N-dealkylation sites (N-methyl/N-ethyl adjacent to an activating group) is 1. The van der Waals surface area contributed by atoms with Crippen LogP contribution in [0.2, 0.25) is 0 Å². The van der Waals surface area contributed by atoms with Crippen molar-refractivity contribution in [2.45, 2.75) is 19.4 Å². The van der Waals surface area contributed by atoms with E-state index in [2.05, 4.69) is 53.6 Å². The molecule has 1 atom stereocenters. The number of H-pyrrole nitrogens is 1. The van der Waals surface area contributed by atoms with Gasteiger partial charge in [0.25, 0.3) is 0 Å². The Kier molecular flexibility index (Phi) is 3.10. The summed E-state index contributed by atoms with van der Waals surface area (Å²) in [6, 6.07) is 7.27. The summed E-state index contributed by atoms with van der Waals surface area (Å²) in [5.41, 5.74) is 4.01. The van der Waals surface area contributed by atoms with E-state index >= 15 is 0 Å². The maximum Gasteiger partial charge on any atom is 0.0459 e. The topological polar surface area (TPSA) is 31.1 Å². The third-order valence-electron chi connectivity index (χ3n) is 4.02. The zero-order valence-electron chi connectivity index (χ0n) is 11.2. The molecule has 2 aromatic rings. The third-order valence-corrected chi connectivity index (χ3v) is 4.02. The summed E-state index contributed by atoms with van der Waals surface area (Å²) in [5, 5.41) is 4.86. The first-order valence-corrected chi connectivity index (χ1v) is 6.71. The molecule has 3 nitrogen and oxygen atoms in total. The number of aromatic nitrogens is 1. The number of nitrogens with one attached hydrogen (secondary N) is 2. The van der Waals surface area contributed by atoms with E-state index in [1.165, 1.54) is 22.0 Å². The van der Waals surface area contributed by atoms with Gasteiger partial charge < -0.3 is 15.2 Å². The number of aromatic amines is 1. The predicted octanol–water partition coefficient (Wildman–Crippen LogP) is 1.92. The van der Waals surface area contributed by atoms with Crippen LogP contribution in [0.15, 0.2) is 24.4 Å². The molecule has 0 amide bonds. The average molecular weight is 243 g/mol. The molecule has 0 radical (unpaired) electrons. The van der Waals surface area contributed by atoms with E-state index in [-0.39, 0.29) is 0 Å². The quantitative estimate of drug-likeness (QED) is 0.844. The van der Waals surface area contributed by atoms with Crippen molar-refractivity contribution in [2.24, 2.45) is 0 Å². The Bertz CT molecular complexity index is 544. The molecule has 1 fully saturated rings. The Hall–Kier alpha value is -1.32. The molecule has 2 N–H and O–H groups in total. The smallest absolute Gasteiger partial charge is 0.0459 e. The first-order chi connectivity index (χ1) is 8.74. The minimum absolute atomic E-state index is 0.610. The molecule has 1 unspecified atom stereocenters. The van der Waals surface area contributed by atoms with Crippen LogP contribution in [-0.2, 0) is 6.42 Å². The number of piperazine rings is 1. The lowest BCUT2D eigenvalue weighted by atomic mass is 10.0. The fourth-order valence-corrected chi connectivity index (χ4v) is 2.81. The maximum atomic E-state index is 3.48. The van der Waals surface area contributed by atoms with Crippen LogP contribution >= 0.6 is 0 Å². The summed E-state index contributed by atoms with van der Waals surface area (Å²) in [4.78, 5) is 5.86. The van der Waals surface area contributed by atoms with Gasteiger partial charge in [-0.1, -0.05) is 12.1 Å². The third kappa shape index (κ3) is 2.16. The summed E-state index contributed by atoms with van der Waals surface area (Å²) in [6.07, 6.45) is 3.29. The van der Waals surface area contributed by atoms with Crippen LogP contribution in [0, 0.1) is 6.92 Å². The van der Waals surface area contributed by atoms with Gasteiger partial charge in [-0.15, -0.1) is 0 Å². The number of rotatable bonds is 2. The van der Waals surface area contributed by atoms with Crippen molar-refractivity contribution in [3.63, 3.8) is 0 Å². The molecule has 1 aliphatic rings. The van der Waals surface area contributed by atoms with Gasteiger partial charge in [0.2, 0.25) is 0 Å². The largest absolute Gasteiger partial charge is 0.361 e. The molecular weight excluding hydrogens is 222 g/mol. The van der Waals surface area contributed by atoms with E-state index in [1.54, 1.807) is 0 Å². The van der Waals surface area contributed by atoms with Gasteiger partial charge in [0, 0.05) is 42.8 Å². The Morgan fingerprint density at radius 3 is 3.11 bits per heavy atom. The highest BCUT2D eigenvalue weighted by atomic mass is 15.2. The van der Waals surface area contributed by atoms with Crippen LogP contribution in [0.3, 0.4) is 0 Å². The molecule has 0 aliphatic carbocycles. The molecular formula is C15H21N3. The Balaban J connectivity index is 1.86. The number of fused-ring (bicyclic) bond motifs is 1. The number of aryl methyl sites for hydroxylation is 1. The molecule has 96 valence electrons. The molecule has 0 bridgehead atoms. The second-order valence-electron chi connectivity index (χ2n) is 5.41. The van der Waals surface area contributed by atoms with Crippen LogP contribution in [-0.4, -0.2) is 42.6 Å². The molecule has 1 saturated heterocycles. The predicted molar refractivity (Wildman–Crippen MR) is 76.0 cm³/mol. The van der Waals surface area contributed by atoms with Crippen LogP contribution in [0.5, 0.6) is 0 Å². The second-order valence-corrected chi connectivity index (χ2v) is 5.41. The molecule has 18 heavy (non-hydrogen) atoms. The molecule has 1 aromatic carbocycles. The molecule has 1 aliphatic heterocycles. The van der Waals surface area contributed by atoms with E-state index in [4.69, 9.17) is 0 Å². The Morgan fingerprint density at radius 1 is 1.39 bits per heavy atom. The monoisotopic (exact) mass is 243 g/mol. The van der Waals surface area contributed by atoms with Gasteiger partial charge in [0.1, 0.15) is 0 Å². The SMILES string of the molecule is Cc1ccc2c(CC3CNCCN3C)c[nH]c2c1. The van der Waals surface area contributed by atoms with Crippen molar-refractivity contribution in [1.29, 1.82) is 0 Å². The first kappa shape index (κ1) is 11.8. The zero-order valence-corrected chi connectivity index (χ0v) is 11.2. The van der Waals surface area contributed by atoms with Gasteiger partial charge >= 0.3 is 0 Å². The Labute approximate surface area is 108 Å².